The van der Waals surface area contributed by atoms with Crippen molar-refractivity contribution in [1.29, 1.82) is 0 Å². The smallest absolute Gasteiger partial charge is 0.282 e. The molecule has 1 aliphatic rings. The van der Waals surface area contributed by atoms with E-state index in [4.69, 9.17) is 0 Å². The predicted molar refractivity (Wildman–Crippen MR) is 70.2 cm³/mol. The summed E-state index contributed by atoms with van der Waals surface area (Å²) in [4.78, 5) is 11.3. The molecule has 0 bridgehead atoms. The van der Waals surface area contributed by atoms with Crippen LogP contribution in [-0.2, 0) is 15.0 Å². The van der Waals surface area contributed by atoms with Gasteiger partial charge >= 0.3 is 0 Å². The van der Waals surface area contributed by atoms with Gasteiger partial charge in [0.25, 0.3) is 10.2 Å². The summed E-state index contributed by atoms with van der Waals surface area (Å²) in [6.07, 6.45) is 1.95. The van der Waals surface area contributed by atoms with E-state index in [-0.39, 0.29) is 12.5 Å². The monoisotopic (exact) mass is 277 g/mol. The van der Waals surface area contributed by atoms with Gasteiger partial charge in [-0.3, -0.25) is 4.79 Å². The SMILES string of the molecule is CCN(CC(=O)NC)S(=O)(=O)N1CCC[C@@H](C)C1. The normalized spacial score (nSPS) is 22.1. The van der Waals surface area contributed by atoms with E-state index < -0.39 is 10.2 Å². The third kappa shape index (κ3) is 3.66. The Morgan fingerprint density at radius 3 is 2.67 bits per heavy atom. The van der Waals surface area contributed by atoms with E-state index in [0.717, 1.165) is 12.8 Å². The van der Waals surface area contributed by atoms with E-state index in [1.165, 1.54) is 15.7 Å². The molecular weight excluding hydrogens is 254 g/mol. The van der Waals surface area contributed by atoms with E-state index >= 15 is 0 Å². The lowest BCUT2D eigenvalue weighted by atomic mass is 10.0. The van der Waals surface area contributed by atoms with Crippen molar-refractivity contribution in [2.24, 2.45) is 5.92 Å². The van der Waals surface area contributed by atoms with Gasteiger partial charge in [-0.05, 0) is 18.8 Å². The fourth-order valence-corrected chi connectivity index (χ4v) is 3.85. The number of carbonyl (C=O) groups excluding carboxylic acids is 1. The second-order valence-electron chi connectivity index (χ2n) is 4.71. The minimum absolute atomic E-state index is 0.111. The Morgan fingerprint density at radius 1 is 1.50 bits per heavy atom. The Balaban J connectivity index is 2.78. The van der Waals surface area contributed by atoms with Crippen LogP contribution >= 0.6 is 0 Å². The summed E-state index contributed by atoms with van der Waals surface area (Å²) in [7, 11) is -2.00. The topological polar surface area (TPSA) is 69.7 Å². The van der Waals surface area contributed by atoms with Crippen LogP contribution in [0.2, 0.25) is 0 Å². The first kappa shape index (κ1) is 15.4. The van der Waals surface area contributed by atoms with Gasteiger partial charge in [-0.15, -0.1) is 0 Å². The average molecular weight is 277 g/mol. The Bertz CT molecular complexity index is 383. The number of likely N-dealkylation sites (N-methyl/N-ethyl adjacent to an activating group) is 2. The number of nitrogens with zero attached hydrogens (tertiary/aromatic N) is 2. The second-order valence-corrected chi connectivity index (χ2v) is 6.64. The standard InChI is InChI=1S/C11H23N3O3S/c1-4-13(9-11(15)12-3)18(16,17)14-7-5-6-10(2)8-14/h10H,4-9H2,1-3H3,(H,12,15)/t10-/m1/s1. The lowest BCUT2D eigenvalue weighted by molar-refractivity contribution is -0.120. The maximum atomic E-state index is 12.4. The third-order valence-corrected chi connectivity index (χ3v) is 5.25. The minimum atomic E-state index is -3.51. The Labute approximate surface area is 110 Å². The van der Waals surface area contributed by atoms with Crippen LogP contribution in [0.5, 0.6) is 0 Å². The largest absolute Gasteiger partial charge is 0.358 e. The van der Waals surface area contributed by atoms with E-state index in [0.29, 0.717) is 25.6 Å². The maximum Gasteiger partial charge on any atom is 0.282 e. The number of nitrogens with one attached hydrogen (secondary N) is 1. The van der Waals surface area contributed by atoms with Crippen molar-refractivity contribution in [2.75, 3.05) is 33.2 Å². The summed E-state index contributed by atoms with van der Waals surface area (Å²) in [6.45, 7) is 5.09. The van der Waals surface area contributed by atoms with E-state index in [1.54, 1.807) is 6.92 Å². The van der Waals surface area contributed by atoms with Crippen LogP contribution in [-0.4, -0.2) is 56.2 Å². The van der Waals surface area contributed by atoms with Gasteiger partial charge in [0.1, 0.15) is 0 Å². The summed E-state index contributed by atoms with van der Waals surface area (Å²) >= 11 is 0. The molecule has 0 unspecified atom stereocenters. The quantitative estimate of drug-likeness (QED) is 0.771. The highest BCUT2D eigenvalue weighted by Gasteiger charge is 2.32. The lowest BCUT2D eigenvalue weighted by Gasteiger charge is -2.33. The van der Waals surface area contributed by atoms with Crippen molar-refractivity contribution in [2.45, 2.75) is 26.7 Å². The molecule has 0 aliphatic carbocycles. The van der Waals surface area contributed by atoms with Crippen molar-refractivity contribution < 1.29 is 13.2 Å². The number of amides is 1. The molecule has 0 spiro atoms. The van der Waals surface area contributed by atoms with Gasteiger partial charge in [-0.25, -0.2) is 0 Å². The van der Waals surface area contributed by atoms with Crippen molar-refractivity contribution in [1.82, 2.24) is 13.9 Å². The first-order valence-corrected chi connectivity index (χ1v) is 7.77. The fourth-order valence-electron chi connectivity index (χ4n) is 2.11. The molecule has 1 atom stereocenters. The number of hydrogen-bond donors (Lipinski definition) is 1. The number of hydrogen-bond acceptors (Lipinski definition) is 3. The van der Waals surface area contributed by atoms with Gasteiger partial charge in [0, 0.05) is 26.7 Å². The molecule has 18 heavy (non-hydrogen) atoms. The van der Waals surface area contributed by atoms with E-state index in [1.807, 2.05) is 0 Å². The molecule has 0 aromatic rings. The van der Waals surface area contributed by atoms with Gasteiger partial charge in [0.05, 0.1) is 6.54 Å². The van der Waals surface area contributed by atoms with Crippen LogP contribution < -0.4 is 5.32 Å². The van der Waals surface area contributed by atoms with Crippen molar-refractivity contribution in [3.8, 4) is 0 Å². The molecule has 1 amide bonds. The molecule has 1 saturated heterocycles. The molecule has 0 aromatic heterocycles. The molecule has 1 N–H and O–H groups in total. The van der Waals surface area contributed by atoms with Crippen LogP contribution in [0.3, 0.4) is 0 Å². The van der Waals surface area contributed by atoms with Crippen LogP contribution in [0.1, 0.15) is 26.7 Å². The fraction of sp³-hybridized carbons (Fsp3) is 0.909. The lowest BCUT2D eigenvalue weighted by Crippen LogP contribution is -2.50. The van der Waals surface area contributed by atoms with Gasteiger partial charge < -0.3 is 5.32 Å². The molecule has 106 valence electrons. The van der Waals surface area contributed by atoms with Crippen LogP contribution in [0.4, 0.5) is 0 Å². The number of rotatable bonds is 5. The minimum Gasteiger partial charge on any atom is -0.358 e. The summed E-state index contributed by atoms with van der Waals surface area (Å²) in [5.41, 5.74) is 0. The third-order valence-electron chi connectivity index (χ3n) is 3.22. The molecule has 0 saturated carbocycles. The summed E-state index contributed by atoms with van der Waals surface area (Å²) in [5.74, 6) is 0.0951. The molecule has 0 aromatic carbocycles. The molecule has 1 rings (SSSR count). The highest BCUT2D eigenvalue weighted by atomic mass is 32.2. The summed E-state index contributed by atoms with van der Waals surface area (Å²) in [6, 6.07) is 0. The first-order valence-electron chi connectivity index (χ1n) is 6.37. The van der Waals surface area contributed by atoms with Crippen molar-refractivity contribution >= 4 is 16.1 Å². The van der Waals surface area contributed by atoms with E-state index in [2.05, 4.69) is 12.2 Å². The first-order chi connectivity index (χ1) is 8.41. The van der Waals surface area contributed by atoms with Crippen LogP contribution in [0.25, 0.3) is 0 Å². The Hall–Kier alpha value is -0.660. The van der Waals surface area contributed by atoms with Crippen molar-refractivity contribution in [3.63, 3.8) is 0 Å². The number of carbonyl (C=O) groups is 1. The van der Waals surface area contributed by atoms with Gasteiger partial charge in [-0.1, -0.05) is 13.8 Å². The highest BCUT2D eigenvalue weighted by molar-refractivity contribution is 7.86. The zero-order valence-corrected chi connectivity index (χ0v) is 12.2. The van der Waals surface area contributed by atoms with E-state index in [9.17, 15) is 13.2 Å². The van der Waals surface area contributed by atoms with Crippen LogP contribution in [0, 0.1) is 5.92 Å². The van der Waals surface area contributed by atoms with Gasteiger partial charge in [-0.2, -0.15) is 17.0 Å². The highest BCUT2D eigenvalue weighted by Crippen LogP contribution is 2.20. The van der Waals surface area contributed by atoms with Gasteiger partial charge in [0.2, 0.25) is 5.91 Å². The zero-order chi connectivity index (χ0) is 13.8. The Morgan fingerprint density at radius 2 is 2.17 bits per heavy atom. The second kappa shape index (κ2) is 6.49. The Kier molecular flexibility index (Phi) is 5.55. The average Bonchev–Trinajstić information content (AvgIpc) is 2.35. The number of piperidine rings is 1. The molecule has 1 aliphatic heterocycles. The molecule has 1 heterocycles. The molecule has 6 nitrogen and oxygen atoms in total. The van der Waals surface area contributed by atoms with Crippen LogP contribution in [0.15, 0.2) is 0 Å². The van der Waals surface area contributed by atoms with Gasteiger partial charge in [0.15, 0.2) is 0 Å². The zero-order valence-electron chi connectivity index (χ0n) is 11.3. The molecular formula is C11H23N3O3S. The molecule has 0 radical (unpaired) electrons. The summed E-state index contributed by atoms with van der Waals surface area (Å²) in [5, 5.41) is 2.45. The summed E-state index contributed by atoms with van der Waals surface area (Å²) < 4.78 is 27.5. The van der Waals surface area contributed by atoms with Crippen molar-refractivity contribution in [3.05, 3.63) is 0 Å². The maximum absolute atomic E-state index is 12.4. The predicted octanol–water partition coefficient (Wildman–Crippen LogP) is 0.0310. The molecule has 7 heteroatoms. The molecule has 1 fully saturated rings.